The van der Waals surface area contributed by atoms with Crippen molar-refractivity contribution in [2.45, 2.75) is 114 Å². The number of carbonyl (C=O) groups is 1. The van der Waals surface area contributed by atoms with E-state index in [0.29, 0.717) is 30.6 Å². The highest BCUT2D eigenvalue weighted by Gasteiger charge is 2.60. The second kappa shape index (κ2) is 9.46. The summed E-state index contributed by atoms with van der Waals surface area (Å²) >= 11 is 0. The van der Waals surface area contributed by atoms with E-state index in [1.807, 2.05) is 0 Å². The highest BCUT2D eigenvalue weighted by atomic mass is 19.1. The molecular weight excluding hydrogens is 415 g/mol. The fourth-order valence-electron chi connectivity index (χ4n) is 8.26. The SMILES string of the molecule is CC1C(C#N)CCNC1C(NC(=O)C1CC2C(F)CCC(C)C2(C2CCCCC2)N1)C1CC1. The summed E-state index contributed by atoms with van der Waals surface area (Å²) in [6, 6.07) is 2.39. The Morgan fingerprint density at radius 1 is 1.09 bits per heavy atom. The van der Waals surface area contributed by atoms with E-state index in [1.165, 1.54) is 32.1 Å². The number of nitrogens with one attached hydrogen (secondary N) is 3. The number of rotatable bonds is 5. The maximum Gasteiger partial charge on any atom is 0.237 e. The zero-order valence-electron chi connectivity index (χ0n) is 20.5. The van der Waals surface area contributed by atoms with Crippen LogP contribution >= 0.6 is 0 Å². The second-order valence-electron chi connectivity index (χ2n) is 12.0. The summed E-state index contributed by atoms with van der Waals surface area (Å²) < 4.78 is 15.4. The lowest BCUT2D eigenvalue weighted by molar-refractivity contribution is -0.124. The van der Waals surface area contributed by atoms with Gasteiger partial charge in [-0.3, -0.25) is 10.1 Å². The first kappa shape index (κ1) is 23.5. The highest BCUT2D eigenvalue weighted by Crippen LogP contribution is 2.53. The van der Waals surface area contributed by atoms with Gasteiger partial charge in [0.05, 0.1) is 18.0 Å². The van der Waals surface area contributed by atoms with Crippen molar-refractivity contribution in [2.24, 2.45) is 35.5 Å². The van der Waals surface area contributed by atoms with Crippen LogP contribution in [0.4, 0.5) is 4.39 Å². The summed E-state index contributed by atoms with van der Waals surface area (Å²) in [6.45, 7) is 5.29. The summed E-state index contributed by atoms with van der Waals surface area (Å²) in [5, 5.41) is 20.5. The molecule has 5 fully saturated rings. The number of piperidine rings is 1. The Morgan fingerprint density at radius 2 is 1.85 bits per heavy atom. The molecule has 184 valence electrons. The number of alkyl halides is 1. The predicted molar refractivity (Wildman–Crippen MR) is 127 cm³/mol. The molecule has 5 aliphatic rings. The maximum atomic E-state index is 15.4. The summed E-state index contributed by atoms with van der Waals surface area (Å²) in [6.07, 6.45) is 10.6. The number of carbonyl (C=O) groups excluding carboxylic acids is 1. The van der Waals surface area contributed by atoms with E-state index < -0.39 is 6.17 Å². The van der Waals surface area contributed by atoms with Crippen LogP contribution in [0.2, 0.25) is 0 Å². The molecule has 0 bridgehead atoms. The Bertz CT molecular complexity index is 760. The van der Waals surface area contributed by atoms with Crippen LogP contribution in [0.1, 0.15) is 84.5 Å². The van der Waals surface area contributed by atoms with Crippen LogP contribution in [-0.2, 0) is 4.79 Å². The minimum atomic E-state index is -0.802. The minimum absolute atomic E-state index is 0.0459. The Kier molecular flexibility index (Phi) is 6.75. The lowest BCUT2D eigenvalue weighted by atomic mass is 9.58. The number of nitrogens with zero attached hydrogens (tertiary/aromatic N) is 1. The van der Waals surface area contributed by atoms with Gasteiger partial charge < -0.3 is 10.6 Å². The van der Waals surface area contributed by atoms with Crippen molar-refractivity contribution < 1.29 is 9.18 Å². The van der Waals surface area contributed by atoms with Gasteiger partial charge in [-0.15, -0.1) is 0 Å². The average Bonchev–Trinajstić information content (AvgIpc) is 3.59. The molecule has 2 heterocycles. The summed E-state index contributed by atoms with van der Waals surface area (Å²) in [5.41, 5.74) is -0.225. The van der Waals surface area contributed by atoms with Crippen molar-refractivity contribution in [3.63, 3.8) is 0 Å². The molecule has 3 saturated carbocycles. The second-order valence-corrected chi connectivity index (χ2v) is 12.0. The van der Waals surface area contributed by atoms with E-state index in [0.717, 1.165) is 32.2 Å². The Morgan fingerprint density at radius 3 is 2.55 bits per heavy atom. The monoisotopic (exact) mass is 458 g/mol. The third-order valence-electron chi connectivity index (χ3n) is 10.3. The van der Waals surface area contributed by atoms with Crippen LogP contribution in [-0.4, -0.2) is 42.3 Å². The van der Waals surface area contributed by atoms with E-state index in [2.05, 4.69) is 35.9 Å². The zero-order chi connectivity index (χ0) is 23.2. The molecule has 6 heteroatoms. The van der Waals surface area contributed by atoms with Crippen LogP contribution in [0.5, 0.6) is 0 Å². The lowest BCUT2D eigenvalue weighted by Crippen LogP contribution is -2.64. The zero-order valence-corrected chi connectivity index (χ0v) is 20.5. The van der Waals surface area contributed by atoms with Crippen LogP contribution in [0.15, 0.2) is 0 Å². The van der Waals surface area contributed by atoms with Gasteiger partial charge in [-0.05, 0) is 81.6 Å². The molecule has 0 radical (unpaired) electrons. The summed E-state index contributed by atoms with van der Waals surface area (Å²) in [7, 11) is 0. The minimum Gasteiger partial charge on any atom is -0.350 e. The van der Waals surface area contributed by atoms with Crippen molar-refractivity contribution in [1.82, 2.24) is 16.0 Å². The van der Waals surface area contributed by atoms with E-state index >= 15 is 4.39 Å². The molecule has 0 aromatic rings. The molecule has 0 spiro atoms. The van der Waals surface area contributed by atoms with Crippen LogP contribution in [0.3, 0.4) is 0 Å². The van der Waals surface area contributed by atoms with Crippen molar-refractivity contribution in [3.05, 3.63) is 0 Å². The lowest BCUT2D eigenvalue weighted by Gasteiger charge is -2.52. The van der Waals surface area contributed by atoms with Crippen molar-refractivity contribution >= 4 is 5.91 Å². The quantitative estimate of drug-likeness (QED) is 0.580. The Hall–Kier alpha value is -1.19. The molecule has 3 aliphatic carbocycles. The first-order chi connectivity index (χ1) is 16.0. The van der Waals surface area contributed by atoms with E-state index in [4.69, 9.17) is 0 Å². The number of nitriles is 1. The van der Waals surface area contributed by atoms with Crippen LogP contribution in [0.25, 0.3) is 0 Å². The molecule has 5 nitrogen and oxygen atoms in total. The number of hydrogen-bond acceptors (Lipinski definition) is 4. The smallest absolute Gasteiger partial charge is 0.237 e. The normalized spacial score (nSPS) is 45.1. The van der Waals surface area contributed by atoms with Gasteiger partial charge in [0.25, 0.3) is 0 Å². The van der Waals surface area contributed by atoms with Crippen molar-refractivity contribution in [1.29, 1.82) is 5.26 Å². The fraction of sp³-hybridized carbons (Fsp3) is 0.926. The number of hydrogen-bond donors (Lipinski definition) is 3. The molecule has 5 rings (SSSR count). The highest BCUT2D eigenvalue weighted by molar-refractivity contribution is 5.83. The molecule has 3 N–H and O–H groups in total. The van der Waals surface area contributed by atoms with Gasteiger partial charge in [-0.2, -0.15) is 5.26 Å². The van der Waals surface area contributed by atoms with Gasteiger partial charge in [-0.1, -0.05) is 33.1 Å². The molecule has 9 unspecified atom stereocenters. The molecule has 1 amide bonds. The Labute approximate surface area is 199 Å². The number of amides is 1. The van der Waals surface area contributed by atoms with Gasteiger partial charge >= 0.3 is 0 Å². The largest absolute Gasteiger partial charge is 0.350 e. The van der Waals surface area contributed by atoms with E-state index in [9.17, 15) is 10.1 Å². The maximum absolute atomic E-state index is 15.4. The standard InChI is InChI=1S/C27H43FN4O/c1-16-8-11-22(28)21-14-23(32-27(16,21)20-6-4-3-5-7-20)26(33)31-25(18-9-10-18)24-17(2)19(15-29)12-13-30-24/h16-25,30,32H,3-14H2,1-2H3,(H,31,33). The number of halogens is 1. The average molecular weight is 459 g/mol. The van der Waals surface area contributed by atoms with Gasteiger partial charge in [-0.25, -0.2) is 4.39 Å². The molecule has 33 heavy (non-hydrogen) atoms. The van der Waals surface area contributed by atoms with Gasteiger partial charge in [0.15, 0.2) is 0 Å². The Balaban J connectivity index is 1.34. The third kappa shape index (κ3) is 4.22. The summed E-state index contributed by atoms with van der Waals surface area (Å²) in [4.78, 5) is 13.7. The van der Waals surface area contributed by atoms with Gasteiger partial charge in [0, 0.05) is 23.5 Å². The van der Waals surface area contributed by atoms with E-state index in [-0.39, 0.29) is 47.3 Å². The van der Waals surface area contributed by atoms with Crippen molar-refractivity contribution in [2.75, 3.05) is 6.54 Å². The van der Waals surface area contributed by atoms with Gasteiger partial charge in [0.2, 0.25) is 5.91 Å². The predicted octanol–water partition coefficient (Wildman–Crippen LogP) is 4.08. The first-order valence-electron chi connectivity index (χ1n) is 13.8. The van der Waals surface area contributed by atoms with Crippen LogP contribution < -0.4 is 16.0 Å². The molecule has 0 aromatic carbocycles. The molecule has 2 saturated heterocycles. The van der Waals surface area contributed by atoms with Crippen LogP contribution in [0, 0.1) is 46.8 Å². The van der Waals surface area contributed by atoms with E-state index in [1.54, 1.807) is 0 Å². The summed E-state index contributed by atoms with van der Waals surface area (Å²) in [5.74, 6) is 1.67. The third-order valence-corrected chi connectivity index (χ3v) is 10.3. The fourth-order valence-corrected chi connectivity index (χ4v) is 8.26. The molecule has 0 aromatic heterocycles. The van der Waals surface area contributed by atoms with Crippen molar-refractivity contribution in [3.8, 4) is 6.07 Å². The molecular formula is C27H43FN4O. The topological polar surface area (TPSA) is 77.0 Å². The first-order valence-corrected chi connectivity index (χ1v) is 13.8. The molecule has 2 aliphatic heterocycles. The molecule has 9 atom stereocenters. The van der Waals surface area contributed by atoms with Gasteiger partial charge in [0.1, 0.15) is 6.17 Å². The number of fused-ring (bicyclic) bond motifs is 1.